The van der Waals surface area contributed by atoms with E-state index < -0.39 is 0 Å². The third-order valence-electron chi connectivity index (χ3n) is 0.332. The van der Waals surface area contributed by atoms with E-state index in [1.54, 1.807) is 6.07 Å². The largest absolute Gasteiger partial charge is 0.282 e. The van der Waals surface area contributed by atoms with Gasteiger partial charge in [-0.1, -0.05) is 0 Å². The van der Waals surface area contributed by atoms with E-state index in [0.29, 0.717) is 6.54 Å². The number of nitrogens with zero attached hydrogens (tertiary/aromatic N) is 2. The SMILES string of the molecule is CCN=CC#N. The molecule has 0 aliphatic heterocycles. The highest BCUT2D eigenvalue weighted by Crippen LogP contribution is 1.57. The predicted molar refractivity (Wildman–Crippen MR) is 24.6 cm³/mol. The van der Waals surface area contributed by atoms with Gasteiger partial charge in [-0.15, -0.1) is 0 Å². The third kappa shape index (κ3) is 3.16. The van der Waals surface area contributed by atoms with Crippen molar-refractivity contribution in [3.63, 3.8) is 0 Å². The Hall–Kier alpha value is -0.840. The standard InChI is InChI=1S/C4H6N2/c1-2-6-4-3-5/h4H,2H2,1H3. The maximum atomic E-state index is 7.80. The zero-order valence-electron chi connectivity index (χ0n) is 3.68. The maximum Gasteiger partial charge on any atom is 0.111 e. The van der Waals surface area contributed by atoms with Gasteiger partial charge in [-0.3, -0.25) is 4.99 Å². The molecule has 0 spiro atoms. The van der Waals surface area contributed by atoms with Crippen molar-refractivity contribution in [2.24, 2.45) is 4.99 Å². The van der Waals surface area contributed by atoms with E-state index in [4.69, 9.17) is 5.26 Å². The van der Waals surface area contributed by atoms with E-state index in [1.165, 1.54) is 6.21 Å². The quantitative estimate of drug-likeness (QED) is 0.427. The van der Waals surface area contributed by atoms with Gasteiger partial charge < -0.3 is 0 Å². The molecule has 0 fully saturated rings. The van der Waals surface area contributed by atoms with E-state index in [9.17, 15) is 0 Å². The summed E-state index contributed by atoms with van der Waals surface area (Å²) in [6, 6.07) is 1.78. The van der Waals surface area contributed by atoms with Gasteiger partial charge in [0.2, 0.25) is 0 Å². The van der Waals surface area contributed by atoms with Crippen LogP contribution in [0.5, 0.6) is 0 Å². The fourth-order valence-corrected chi connectivity index (χ4v) is 0.132. The van der Waals surface area contributed by atoms with Gasteiger partial charge in [0.15, 0.2) is 0 Å². The Morgan fingerprint density at radius 2 is 2.67 bits per heavy atom. The average Bonchev–Trinajstić information content (AvgIpc) is 1.61. The molecule has 0 aliphatic rings. The summed E-state index contributed by atoms with van der Waals surface area (Å²) in [4.78, 5) is 3.60. The van der Waals surface area contributed by atoms with E-state index in [2.05, 4.69) is 4.99 Å². The molecule has 0 saturated carbocycles. The number of nitriles is 1. The fraction of sp³-hybridized carbons (Fsp3) is 0.500. The van der Waals surface area contributed by atoms with E-state index >= 15 is 0 Å². The first kappa shape index (κ1) is 5.16. The molecular formula is C4H6N2. The molecule has 2 heteroatoms. The molecule has 0 radical (unpaired) electrons. The van der Waals surface area contributed by atoms with Crippen LogP contribution in [0.4, 0.5) is 0 Å². The lowest BCUT2D eigenvalue weighted by atomic mass is 10.7. The number of hydrogen-bond donors (Lipinski definition) is 0. The molecule has 0 rings (SSSR count). The Balaban J connectivity index is 3.02. The van der Waals surface area contributed by atoms with Crippen molar-refractivity contribution >= 4 is 6.21 Å². The van der Waals surface area contributed by atoms with Gasteiger partial charge >= 0.3 is 0 Å². The van der Waals surface area contributed by atoms with Crippen LogP contribution in [-0.2, 0) is 0 Å². The Morgan fingerprint density at radius 1 is 2.00 bits per heavy atom. The molecular weight excluding hydrogens is 76.1 g/mol. The van der Waals surface area contributed by atoms with Gasteiger partial charge in [-0.05, 0) is 6.92 Å². The van der Waals surface area contributed by atoms with Crippen molar-refractivity contribution < 1.29 is 0 Å². The van der Waals surface area contributed by atoms with Crippen LogP contribution in [0.15, 0.2) is 4.99 Å². The smallest absolute Gasteiger partial charge is 0.111 e. The second-order valence-corrected chi connectivity index (χ2v) is 0.757. The molecule has 0 aromatic heterocycles. The van der Waals surface area contributed by atoms with E-state index in [0.717, 1.165) is 0 Å². The van der Waals surface area contributed by atoms with Crippen molar-refractivity contribution in [2.75, 3.05) is 6.54 Å². The first-order valence-electron chi connectivity index (χ1n) is 1.79. The minimum Gasteiger partial charge on any atom is -0.282 e. The van der Waals surface area contributed by atoms with Crippen LogP contribution in [0.3, 0.4) is 0 Å². The second-order valence-electron chi connectivity index (χ2n) is 0.757. The van der Waals surface area contributed by atoms with Crippen LogP contribution in [0.1, 0.15) is 6.92 Å². The third-order valence-corrected chi connectivity index (χ3v) is 0.332. The highest BCUT2D eigenvalue weighted by Gasteiger charge is 1.57. The molecule has 32 valence electrons. The van der Waals surface area contributed by atoms with Gasteiger partial charge in [0.1, 0.15) is 6.07 Å². The molecule has 2 nitrogen and oxygen atoms in total. The first-order chi connectivity index (χ1) is 2.91. The summed E-state index contributed by atoms with van der Waals surface area (Å²) in [5.74, 6) is 0. The van der Waals surface area contributed by atoms with Crippen molar-refractivity contribution in [2.45, 2.75) is 6.92 Å². The van der Waals surface area contributed by atoms with Crippen molar-refractivity contribution in [1.82, 2.24) is 0 Å². The Bertz CT molecular complexity index is 78.0. The highest BCUT2D eigenvalue weighted by molar-refractivity contribution is 5.74. The summed E-state index contributed by atoms with van der Waals surface area (Å²) in [7, 11) is 0. The lowest BCUT2D eigenvalue weighted by Crippen LogP contribution is -1.65. The molecule has 6 heavy (non-hydrogen) atoms. The average molecular weight is 82.1 g/mol. The van der Waals surface area contributed by atoms with Crippen LogP contribution in [0.2, 0.25) is 0 Å². The van der Waals surface area contributed by atoms with Gasteiger partial charge in [0.25, 0.3) is 0 Å². The lowest BCUT2D eigenvalue weighted by Gasteiger charge is -1.66. The second kappa shape index (κ2) is 4.16. The van der Waals surface area contributed by atoms with Crippen LogP contribution < -0.4 is 0 Å². The number of aliphatic imine (C=N–C) groups is 1. The van der Waals surface area contributed by atoms with Gasteiger partial charge in [-0.25, -0.2) is 0 Å². The van der Waals surface area contributed by atoms with Crippen LogP contribution >= 0.6 is 0 Å². The highest BCUT2D eigenvalue weighted by atomic mass is 14.7. The summed E-state index contributed by atoms with van der Waals surface area (Å²) in [5.41, 5.74) is 0. The van der Waals surface area contributed by atoms with Crippen molar-refractivity contribution in [3.05, 3.63) is 0 Å². The van der Waals surface area contributed by atoms with Crippen LogP contribution in [-0.4, -0.2) is 12.8 Å². The molecule has 0 unspecified atom stereocenters. The summed E-state index contributed by atoms with van der Waals surface area (Å²) < 4.78 is 0. The number of rotatable bonds is 1. The molecule has 0 saturated heterocycles. The molecule has 0 aromatic rings. The molecule has 0 bridgehead atoms. The Morgan fingerprint density at radius 3 is 2.83 bits per heavy atom. The summed E-state index contributed by atoms with van der Waals surface area (Å²) in [6.07, 6.45) is 1.24. The Labute approximate surface area is 37.1 Å². The minimum absolute atomic E-state index is 0.702. The summed E-state index contributed by atoms with van der Waals surface area (Å²) in [6.45, 7) is 2.58. The van der Waals surface area contributed by atoms with Crippen LogP contribution in [0, 0.1) is 11.3 Å². The van der Waals surface area contributed by atoms with E-state index in [1.807, 2.05) is 6.92 Å². The molecule has 0 aromatic carbocycles. The summed E-state index contributed by atoms with van der Waals surface area (Å²) in [5, 5.41) is 7.80. The van der Waals surface area contributed by atoms with Crippen LogP contribution in [0.25, 0.3) is 0 Å². The lowest BCUT2D eigenvalue weighted by molar-refractivity contribution is 1.14. The van der Waals surface area contributed by atoms with E-state index in [-0.39, 0.29) is 0 Å². The van der Waals surface area contributed by atoms with Gasteiger partial charge in [-0.2, -0.15) is 5.26 Å². The van der Waals surface area contributed by atoms with Crippen molar-refractivity contribution in [3.8, 4) is 6.07 Å². The summed E-state index contributed by atoms with van der Waals surface area (Å²) >= 11 is 0. The monoisotopic (exact) mass is 82.1 g/mol. The minimum atomic E-state index is 0.702. The molecule has 0 amide bonds. The normalized spacial score (nSPS) is 8.67. The Kier molecular flexibility index (Phi) is 3.58. The van der Waals surface area contributed by atoms with Gasteiger partial charge in [0, 0.05) is 6.54 Å². The molecule has 0 N–H and O–H groups in total. The molecule has 0 atom stereocenters. The maximum absolute atomic E-state index is 7.80. The van der Waals surface area contributed by atoms with Gasteiger partial charge in [0.05, 0.1) is 6.21 Å². The molecule has 0 heterocycles. The number of hydrogen-bond acceptors (Lipinski definition) is 2. The first-order valence-corrected chi connectivity index (χ1v) is 1.79. The fourth-order valence-electron chi connectivity index (χ4n) is 0.132. The zero-order valence-corrected chi connectivity index (χ0v) is 3.68. The predicted octanol–water partition coefficient (Wildman–Crippen LogP) is 0.601. The topological polar surface area (TPSA) is 36.1 Å². The van der Waals surface area contributed by atoms with Crippen molar-refractivity contribution in [1.29, 1.82) is 5.26 Å². The zero-order chi connectivity index (χ0) is 4.83. The molecule has 0 aliphatic carbocycles.